The van der Waals surface area contributed by atoms with E-state index in [1.54, 1.807) is 0 Å². The van der Waals surface area contributed by atoms with Gasteiger partial charge in [0.15, 0.2) is 0 Å². The standard InChI is InChI=1S/C91H60N2/c1-3-20-61(21-4-1)65-48-52-76(53-49-65)92-87-38-15-10-33-80(87)82-59-72(50-54-89(82)92)73-51-55-90-83(60-73)81-34-11-16-39-88(81)93(90)86-37-14-9-30-77(86)67-46-44-64(45-47-67)63-40-42-66(43-41-63)70-26-18-28-74(57-70)91(84-35-12-7-31-78(84)79-32-8-13-36-85(79)91)75-29-19-27-71(58-75)69-25-17-24-68(56-69)62-22-5-2-6-23-62/h1-60H. The Morgan fingerprint density at radius 2 is 0.516 bits per heavy atom. The van der Waals surface area contributed by atoms with Crippen molar-refractivity contribution in [2.24, 2.45) is 0 Å². The molecule has 0 spiro atoms. The van der Waals surface area contributed by atoms with Gasteiger partial charge in [-0.15, -0.1) is 0 Å². The first kappa shape index (κ1) is 53.9. The summed E-state index contributed by atoms with van der Waals surface area (Å²) in [5.41, 5.74) is 30.8. The molecule has 0 amide bonds. The summed E-state index contributed by atoms with van der Waals surface area (Å²) in [4.78, 5) is 0. The van der Waals surface area contributed by atoms with Crippen molar-refractivity contribution in [1.29, 1.82) is 0 Å². The quantitative estimate of drug-likeness (QED) is 0.122. The second-order valence-corrected chi connectivity index (χ2v) is 24.7. The van der Waals surface area contributed by atoms with Crippen LogP contribution in [0.1, 0.15) is 22.3 Å². The summed E-state index contributed by atoms with van der Waals surface area (Å²) in [7, 11) is 0. The molecule has 434 valence electrons. The Morgan fingerprint density at radius 3 is 1.08 bits per heavy atom. The van der Waals surface area contributed by atoms with Crippen LogP contribution in [0.25, 0.3) is 144 Å². The summed E-state index contributed by atoms with van der Waals surface area (Å²) in [6.07, 6.45) is 0. The molecule has 0 saturated heterocycles. The van der Waals surface area contributed by atoms with Gasteiger partial charge in [0, 0.05) is 32.8 Å². The van der Waals surface area contributed by atoms with Crippen LogP contribution in [-0.2, 0) is 5.41 Å². The van der Waals surface area contributed by atoms with Gasteiger partial charge in [-0.3, -0.25) is 0 Å². The summed E-state index contributed by atoms with van der Waals surface area (Å²) in [5.74, 6) is 0. The highest BCUT2D eigenvalue weighted by atomic mass is 15.0. The van der Waals surface area contributed by atoms with E-state index in [2.05, 4.69) is 373 Å². The lowest BCUT2D eigenvalue weighted by molar-refractivity contribution is 0.769. The van der Waals surface area contributed by atoms with E-state index in [0.717, 1.165) is 11.4 Å². The summed E-state index contributed by atoms with van der Waals surface area (Å²) in [5, 5.41) is 4.94. The Morgan fingerprint density at radius 1 is 0.183 bits per heavy atom. The molecule has 0 atom stereocenters. The smallest absolute Gasteiger partial charge is 0.0713 e. The lowest BCUT2D eigenvalue weighted by Crippen LogP contribution is -2.28. The van der Waals surface area contributed by atoms with Crippen molar-refractivity contribution in [2.45, 2.75) is 5.41 Å². The topological polar surface area (TPSA) is 9.86 Å². The third-order valence-corrected chi connectivity index (χ3v) is 19.7. The molecule has 2 heteroatoms. The lowest BCUT2D eigenvalue weighted by atomic mass is 9.67. The SMILES string of the molecule is c1ccc(-c2ccc(-n3c4ccccc4c4cc(-c5ccc6c(c5)c5ccccc5n6-c5ccccc5-c5ccc(-c6ccc(-c7cccc(C8(c9cccc(-c%10cccc(-c%11ccccc%11)c%10)c9)c9ccccc9-c9ccccc98)c7)cc6)cc5)ccc43)cc2)cc1. The van der Waals surface area contributed by atoms with Gasteiger partial charge in [-0.25, -0.2) is 0 Å². The van der Waals surface area contributed by atoms with Crippen molar-refractivity contribution in [3.05, 3.63) is 386 Å². The highest BCUT2D eigenvalue weighted by Gasteiger charge is 2.46. The molecule has 0 radical (unpaired) electrons. The molecule has 17 aromatic rings. The van der Waals surface area contributed by atoms with Gasteiger partial charge in [0.2, 0.25) is 0 Å². The highest BCUT2D eigenvalue weighted by molar-refractivity contribution is 6.13. The average Bonchev–Trinajstić information content (AvgIpc) is 1.57. The van der Waals surface area contributed by atoms with Gasteiger partial charge in [0.25, 0.3) is 0 Å². The first-order valence-corrected chi connectivity index (χ1v) is 32.2. The zero-order valence-corrected chi connectivity index (χ0v) is 51.0. The van der Waals surface area contributed by atoms with Crippen molar-refractivity contribution in [3.63, 3.8) is 0 Å². The van der Waals surface area contributed by atoms with E-state index in [1.165, 1.54) is 155 Å². The predicted molar refractivity (Wildman–Crippen MR) is 390 cm³/mol. The van der Waals surface area contributed by atoms with E-state index < -0.39 is 5.41 Å². The zero-order valence-electron chi connectivity index (χ0n) is 51.0. The average molecular weight is 1180 g/mol. The number of benzene rings is 15. The van der Waals surface area contributed by atoms with E-state index in [-0.39, 0.29) is 0 Å². The molecule has 0 saturated carbocycles. The van der Waals surface area contributed by atoms with Crippen molar-refractivity contribution in [1.82, 2.24) is 9.13 Å². The molecule has 0 N–H and O–H groups in total. The first-order valence-electron chi connectivity index (χ1n) is 32.2. The molecule has 2 heterocycles. The van der Waals surface area contributed by atoms with Crippen molar-refractivity contribution in [2.75, 3.05) is 0 Å². The van der Waals surface area contributed by atoms with E-state index in [4.69, 9.17) is 0 Å². The Hall–Kier alpha value is -12.1. The maximum Gasteiger partial charge on any atom is 0.0713 e. The molecule has 15 aromatic carbocycles. The molecule has 0 fully saturated rings. The monoisotopic (exact) mass is 1180 g/mol. The number of rotatable bonds is 11. The van der Waals surface area contributed by atoms with Crippen LogP contribution in [0, 0.1) is 0 Å². The third kappa shape index (κ3) is 8.94. The van der Waals surface area contributed by atoms with Crippen LogP contribution in [0.2, 0.25) is 0 Å². The molecule has 2 nitrogen and oxygen atoms in total. The van der Waals surface area contributed by atoms with E-state index in [0.29, 0.717) is 0 Å². The summed E-state index contributed by atoms with van der Waals surface area (Å²) < 4.78 is 4.86. The van der Waals surface area contributed by atoms with Crippen LogP contribution in [0.5, 0.6) is 0 Å². The molecule has 93 heavy (non-hydrogen) atoms. The van der Waals surface area contributed by atoms with Gasteiger partial charge >= 0.3 is 0 Å². The Labute approximate surface area is 541 Å². The van der Waals surface area contributed by atoms with Gasteiger partial charge in [-0.2, -0.15) is 0 Å². The number of aromatic nitrogens is 2. The minimum absolute atomic E-state index is 0.554. The van der Waals surface area contributed by atoms with Crippen molar-refractivity contribution < 1.29 is 0 Å². The normalized spacial score (nSPS) is 12.4. The number of para-hydroxylation sites is 3. The Balaban J connectivity index is 0.657. The predicted octanol–water partition coefficient (Wildman–Crippen LogP) is 23.9. The second kappa shape index (κ2) is 22.1. The molecule has 0 unspecified atom stereocenters. The first-order chi connectivity index (χ1) is 46.1. The van der Waals surface area contributed by atoms with Crippen LogP contribution in [0.3, 0.4) is 0 Å². The van der Waals surface area contributed by atoms with Crippen LogP contribution < -0.4 is 0 Å². The zero-order chi connectivity index (χ0) is 61.4. The second-order valence-electron chi connectivity index (χ2n) is 24.7. The van der Waals surface area contributed by atoms with E-state index in [1.807, 2.05) is 0 Å². The van der Waals surface area contributed by atoms with Crippen molar-refractivity contribution >= 4 is 43.6 Å². The molecule has 2 aromatic heterocycles. The fraction of sp³-hybridized carbons (Fsp3) is 0.0110. The number of hydrogen-bond donors (Lipinski definition) is 0. The van der Waals surface area contributed by atoms with E-state index >= 15 is 0 Å². The minimum Gasteiger partial charge on any atom is -0.309 e. The van der Waals surface area contributed by atoms with Gasteiger partial charge in [-0.05, 0) is 179 Å². The fourth-order valence-electron chi connectivity index (χ4n) is 15.3. The molecule has 18 rings (SSSR count). The number of hydrogen-bond acceptors (Lipinski definition) is 0. The van der Waals surface area contributed by atoms with Crippen LogP contribution >= 0.6 is 0 Å². The Kier molecular flexibility index (Phi) is 12.8. The molecule has 1 aliphatic carbocycles. The summed E-state index contributed by atoms with van der Waals surface area (Å²) >= 11 is 0. The maximum atomic E-state index is 2.46. The molecule has 0 bridgehead atoms. The van der Waals surface area contributed by atoms with Crippen LogP contribution in [0.15, 0.2) is 364 Å². The summed E-state index contributed by atoms with van der Waals surface area (Å²) in [6.45, 7) is 0. The minimum atomic E-state index is -0.554. The van der Waals surface area contributed by atoms with E-state index in [9.17, 15) is 0 Å². The maximum absolute atomic E-state index is 2.46. The number of fused-ring (bicyclic) bond motifs is 9. The van der Waals surface area contributed by atoms with Crippen LogP contribution in [0.4, 0.5) is 0 Å². The van der Waals surface area contributed by atoms with Gasteiger partial charge in [-0.1, -0.05) is 291 Å². The van der Waals surface area contributed by atoms with Crippen molar-refractivity contribution in [3.8, 4) is 100 Å². The Bertz CT molecular complexity index is 5670. The van der Waals surface area contributed by atoms with Gasteiger partial charge in [0.1, 0.15) is 0 Å². The molecular weight excluding hydrogens is 1120 g/mol. The third-order valence-electron chi connectivity index (χ3n) is 19.7. The molecule has 1 aliphatic rings. The summed E-state index contributed by atoms with van der Waals surface area (Å²) in [6, 6.07) is 135. The number of nitrogens with zero attached hydrogens (tertiary/aromatic N) is 2. The lowest BCUT2D eigenvalue weighted by Gasteiger charge is -2.34. The largest absolute Gasteiger partial charge is 0.309 e. The molecule has 0 aliphatic heterocycles. The fourth-order valence-corrected chi connectivity index (χ4v) is 15.3. The van der Waals surface area contributed by atoms with Gasteiger partial charge in [0.05, 0.1) is 33.2 Å². The van der Waals surface area contributed by atoms with Crippen LogP contribution in [-0.4, -0.2) is 9.13 Å². The highest BCUT2D eigenvalue weighted by Crippen LogP contribution is 2.57. The molecular formula is C91H60N2. The van der Waals surface area contributed by atoms with Gasteiger partial charge < -0.3 is 9.13 Å².